The fourth-order valence-electron chi connectivity index (χ4n) is 2.38. The van der Waals surface area contributed by atoms with Crippen LogP contribution < -0.4 is 15.6 Å². The molecule has 3 rings (SSSR count). The summed E-state index contributed by atoms with van der Waals surface area (Å²) < 4.78 is 6.33. The monoisotopic (exact) mass is 466 g/mol. The Labute approximate surface area is 159 Å². The van der Waals surface area contributed by atoms with Crippen molar-refractivity contribution in [3.8, 4) is 11.5 Å². The number of benzene rings is 2. The van der Waals surface area contributed by atoms with Gasteiger partial charge in [-0.05, 0) is 52.3 Å². The number of anilines is 1. The number of halogens is 2. The standard InChI is InChI=1S/C17H12Br2N2O4/c1-25-10-4-2-9(3-5-10)20-16(23)13-15(22)11-6-8(18)7-12(19)14(11)21-17(13)24/h2-7H,1H3,(H,20,23)(H2,21,22,24). The van der Waals surface area contributed by atoms with Crippen molar-refractivity contribution < 1.29 is 14.6 Å². The topological polar surface area (TPSA) is 91.4 Å². The van der Waals surface area contributed by atoms with E-state index in [9.17, 15) is 14.7 Å². The van der Waals surface area contributed by atoms with Crippen molar-refractivity contribution in [1.29, 1.82) is 0 Å². The first-order valence-electron chi connectivity index (χ1n) is 7.10. The van der Waals surface area contributed by atoms with E-state index in [-0.39, 0.29) is 11.3 Å². The number of pyridine rings is 1. The third-order valence-electron chi connectivity index (χ3n) is 3.59. The molecule has 0 saturated carbocycles. The van der Waals surface area contributed by atoms with Gasteiger partial charge in [-0.2, -0.15) is 0 Å². The first kappa shape index (κ1) is 17.5. The van der Waals surface area contributed by atoms with Gasteiger partial charge < -0.3 is 20.1 Å². The minimum Gasteiger partial charge on any atom is -0.506 e. The molecule has 3 aromatic rings. The van der Waals surface area contributed by atoms with Crippen molar-refractivity contribution in [1.82, 2.24) is 4.98 Å². The van der Waals surface area contributed by atoms with Crippen LogP contribution in [0.5, 0.6) is 11.5 Å². The quantitative estimate of drug-likeness (QED) is 0.542. The van der Waals surface area contributed by atoms with Crippen LogP contribution >= 0.6 is 31.9 Å². The molecule has 0 bridgehead atoms. The normalized spacial score (nSPS) is 10.7. The molecule has 1 aromatic heterocycles. The number of rotatable bonds is 3. The van der Waals surface area contributed by atoms with Crippen molar-refractivity contribution in [2.24, 2.45) is 0 Å². The largest absolute Gasteiger partial charge is 0.506 e. The van der Waals surface area contributed by atoms with Gasteiger partial charge in [-0.3, -0.25) is 9.59 Å². The maximum atomic E-state index is 12.5. The Morgan fingerprint density at radius 3 is 2.52 bits per heavy atom. The number of ether oxygens (including phenoxy) is 1. The average molecular weight is 468 g/mol. The van der Waals surface area contributed by atoms with Gasteiger partial charge in [0, 0.05) is 20.0 Å². The first-order valence-corrected chi connectivity index (χ1v) is 8.68. The fourth-order valence-corrected chi connectivity index (χ4v) is 3.71. The van der Waals surface area contributed by atoms with E-state index >= 15 is 0 Å². The van der Waals surface area contributed by atoms with Gasteiger partial charge in [0.15, 0.2) is 0 Å². The summed E-state index contributed by atoms with van der Waals surface area (Å²) in [6.45, 7) is 0. The molecule has 128 valence electrons. The molecule has 0 saturated heterocycles. The summed E-state index contributed by atoms with van der Waals surface area (Å²) in [7, 11) is 1.54. The number of nitrogens with one attached hydrogen (secondary N) is 2. The molecule has 25 heavy (non-hydrogen) atoms. The maximum absolute atomic E-state index is 12.5. The van der Waals surface area contributed by atoms with Crippen LogP contribution in [0, 0.1) is 0 Å². The summed E-state index contributed by atoms with van der Waals surface area (Å²) in [6, 6.07) is 9.97. The van der Waals surface area contributed by atoms with E-state index in [0.29, 0.717) is 31.3 Å². The van der Waals surface area contributed by atoms with Crippen LogP contribution in [0.15, 0.2) is 50.1 Å². The number of amides is 1. The lowest BCUT2D eigenvalue weighted by atomic mass is 10.1. The van der Waals surface area contributed by atoms with E-state index in [1.165, 1.54) is 7.11 Å². The Hall–Kier alpha value is -2.32. The minimum atomic E-state index is -0.707. The lowest BCUT2D eigenvalue weighted by Crippen LogP contribution is -2.23. The van der Waals surface area contributed by atoms with Crippen LogP contribution in [0.1, 0.15) is 10.4 Å². The SMILES string of the molecule is COc1ccc(NC(=O)c2c(O)c3cc(Br)cc(Br)c3[nH]c2=O)cc1. The lowest BCUT2D eigenvalue weighted by molar-refractivity contribution is 0.102. The van der Waals surface area contributed by atoms with Gasteiger partial charge in [-0.1, -0.05) is 15.9 Å². The highest BCUT2D eigenvalue weighted by Crippen LogP contribution is 2.33. The lowest BCUT2D eigenvalue weighted by Gasteiger charge is -2.10. The molecule has 0 radical (unpaired) electrons. The number of methoxy groups -OCH3 is 1. The fraction of sp³-hybridized carbons (Fsp3) is 0.0588. The van der Waals surface area contributed by atoms with Gasteiger partial charge in [0.05, 0.1) is 12.6 Å². The molecule has 0 atom stereocenters. The number of fused-ring (bicyclic) bond motifs is 1. The number of hydrogen-bond acceptors (Lipinski definition) is 4. The summed E-state index contributed by atoms with van der Waals surface area (Å²) in [5.74, 6) is -0.451. The Balaban J connectivity index is 2.05. The van der Waals surface area contributed by atoms with Crippen molar-refractivity contribution in [3.05, 3.63) is 61.3 Å². The van der Waals surface area contributed by atoms with Crippen LogP contribution in [-0.2, 0) is 0 Å². The molecule has 0 unspecified atom stereocenters. The van der Waals surface area contributed by atoms with Crippen LogP contribution in [0.3, 0.4) is 0 Å². The zero-order valence-corrected chi connectivity index (χ0v) is 16.1. The van der Waals surface area contributed by atoms with Crippen LogP contribution in [0.2, 0.25) is 0 Å². The summed E-state index contributed by atoms with van der Waals surface area (Å²) >= 11 is 6.64. The van der Waals surface area contributed by atoms with E-state index in [1.807, 2.05) is 0 Å². The molecule has 1 amide bonds. The molecule has 0 spiro atoms. The second-order valence-corrected chi connectivity index (χ2v) is 6.94. The Kier molecular flexibility index (Phi) is 4.82. The molecule has 2 aromatic carbocycles. The first-order chi connectivity index (χ1) is 11.9. The second kappa shape index (κ2) is 6.89. The van der Waals surface area contributed by atoms with Gasteiger partial charge in [0.1, 0.15) is 17.1 Å². The number of aromatic hydroxyl groups is 1. The van der Waals surface area contributed by atoms with E-state index in [0.717, 1.165) is 0 Å². The number of carbonyl (C=O) groups excluding carboxylic acids is 1. The highest BCUT2D eigenvalue weighted by molar-refractivity contribution is 9.11. The van der Waals surface area contributed by atoms with Crippen LogP contribution in [-0.4, -0.2) is 23.1 Å². The molecule has 8 heteroatoms. The zero-order valence-electron chi connectivity index (χ0n) is 12.9. The average Bonchev–Trinajstić information content (AvgIpc) is 2.57. The van der Waals surface area contributed by atoms with Gasteiger partial charge in [-0.15, -0.1) is 0 Å². The number of H-pyrrole nitrogens is 1. The summed E-state index contributed by atoms with van der Waals surface area (Å²) in [5.41, 5.74) is -0.154. The zero-order chi connectivity index (χ0) is 18.1. The van der Waals surface area contributed by atoms with Gasteiger partial charge >= 0.3 is 0 Å². The molecule has 0 aliphatic rings. The smallest absolute Gasteiger partial charge is 0.265 e. The summed E-state index contributed by atoms with van der Waals surface area (Å²) in [5, 5.41) is 13.4. The molecular weight excluding hydrogens is 456 g/mol. The van der Waals surface area contributed by atoms with E-state index in [4.69, 9.17) is 4.74 Å². The molecule has 1 heterocycles. The molecule has 6 nitrogen and oxygen atoms in total. The van der Waals surface area contributed by atoms with Crippen molar-refractivity contribution in [2.45, 2.75) is 0 Å². The Bertz CT molecular complexity index is 1030. The minimum absolute atomic E-state index is 0.348. The van der Waals surface area contributed by atoms with Crippen molar-refractivity contribution >= 4 is 54.4 Å². The van der Waals surface area contributed by atoms with E-state index in [1.54, 1.807) is 36.4 Å². The Morgan fingerprint density at radius 2 is 1.88 bits per heavy atom. The molecular formula is C17H12Br2N2O4. The highest BCUT2D eigenvalue weighted by atomic mass is 79.9. The highest BCUT2D eigenvalue weighted by Gasteiger charge is 2.20. The van der Waals surface area contributed by atoms with Gasteiger partial charge in [-0.25, -0.2) is 0 Å². The van der Waals surface area contributed by atoms with Gasteiger partial charge in [0.25, 0.3) is 11.5 Å². The summed E-state index contributed by atoms with van der Waals surface area (Å²) in [6.07, 6.45) is 0. The van der Waals surface area contributed by atoms with E-state index in [2.05, 4.69) is 42.2 Å². The predicted octanol–water partition coefficient (Wildman–Crippen LogP) is 4.02. The predicted molar refractivity (Wildman–Crippen MR) is 103 cm³/mol. The maximum Gasteiger partial charge on any atom is 0.265 e. The van der Waals surface area contributed by atoms with Crippen LogP contribution in [0.4, 0.5) is 5.69 Å². The third-order valence-corrected chi connectivity index (χ3v) is 4.67. The summed E-state index contributed by atoms with van der Waals surface area (Å²) in [4.78, 5) is 27.4. The number of carbonyl (C=O) groups is 1. The molecule has 0 aliphatic carbocycles. The second-order valence-electron chi connectivity index (χ2n) is 5.17. The van der Waals surface area contributed by atoms with E-state index < -0.39 is 11.5 Å². The Morgan fingerprint density at radius 1 is 1.20 bits per heavy atom. The molecule has 0 aliphatic heterocycles. The molecule has 3 N–H and O–H groups in total. The number of aromatic amines is 1. The van der Waals surface area contributed by atoms with Crippen molar-refractivity contribution in [2.75, 3.05) is 12.4 Å². The third kappa shape index (κ3) is 3.40. The van der Waals surface area contributed by atoms with Gasteiger partial charge in [0.2, 0.25) is 0 Å². The number of hydrogen-bond donors (Lipinski definition) is 3. The number of aromatic nitrogens is 1. The molecule has 0 fully saturated rings. The van der Waals surface area contributed by atoms with Crippen molar-refractivity contribution in [3.63, 3.8) is 0 Å². The van der Waals surface area contributed by atoms with Crippen LogP contribution in [0.25, 0.3) is 10.9 Å².